The third-order valence-electron chi connectivity index (χ3n) is 4.31. The first-order valence-electron chi connectivity index (χ1n) is 7.10. The minimum Gasteiger partial charge on any atom is -0.512 e. The summed E-state index contributed by atoms with van der Waals surface area (Å²) in [5, 5.41) is 14.3. The van der Waals surface area contributed by atoms with Crippen LogP contribution in [0.1, 0.15) is 6.92 Å². The summed E-state index contributed by atoms with van der Waals surface area (Å²) in [4.78, 5) is 12.2. The molecule has 0 saturated carbocycles. The number of aliphatic hydroxyl groups is 1. The van der Waals surface area contributed by atoms with E-state index < -0.39 is 0 Å². The molecule has 0 heterocycles. The fourth-order valence-electron chi connectivity index (χ4n) is 3.32. The van der Waals surface area contributed by atoms with Gasteiger partial charge in [-0.05, 0) is 47.0 Å². The van der Waals surface area contributed by atoms with Gasteiger partial charge in [0.2, 0.25) is 0 Å². The predicted octanol–water partition coefficient (Wildman–Crippen LogP) is 3.31. The van der Waals surface area contributed by atoms with E-state index in [1.54, 1.807) is 19.2 Å². The molecule has 2 aromatic rings. The molecule has 3 heteroatoms. The lowest BCUT2D eigenvalue weighted by molar-refractivity contribution is 0.420. The van der Waals surface area contributed by atoms with Gasteiger partial charge in [0, 0.05) is 10.8 Å². The van der Waals surface area contributed by atoms with Gasteiger partial charge in [-0.2, -0.15) is 0 Å². The molecule has 2 aromatic carbocycles. The summed E-state index contributed by atoms with van der Waals surface area (Å²) in [6.45, 7) is 1.54. The average molecular weight is 290 g/mol. The molecular formula is C19H14O3. The smallest absolute Gasteiger partial charge is 0.189 e. The van der Waals surface area contributed by atoms with Crippen molar-refractivity contribution in [2.24, 2.45) is 0 Å². The van der Waals surface area contributed by atoms with E-state index in [9.17, 15) is 9.90 Å². The normalized spacial score (nSPS) is 13.2. The lowest BCUT2D eigenvalue weighted by Gasteiger charge is -2.05. The lowest BCUT2D eigenvalue weighted by Crippen LogP contribution is -2.25. The molecule has 0 fully saturated rings. The molecule has 0 radical (unpaired) electrons. The number of ether oxygens (including phenoxy) is 1. The van der Waals surface area contributed by atoms with E-state index in [4.69, 9.17) is 4.74 Å². The van der Waals surface area contributed by atoms with Crippen molar-refractivity contribution in [3.8, 4) is 16.9 Å². The molecule has 108 valence electrons. The van der Waals surface area contributed by atoms with Crippen molar-refractivity contribution in [2.45, 2.75) is 6.92 Å². The van der Waals surface area contributed by atoms with Gasteiger partial charge in [0.25, 0.3) is 0 Å². The molecule has 1 N–H and O–H groups in total. The minimum absolute atomic E-state index is 0.0495. The number of fused-ring (bicyclic) bond motifs is 3. The van der Waals surface area contributed by atoms with Crippen LogP contribution >= 0.6 is 0 Å². The highest BCUT2D eigenvalue weighted by Crippen LogP contribution is 2.43. The summed E-state index contributed by atoms with van der Waals surface area (Å²) in [5.41, 5.74) is 1.75. The Morgan fingerprint density at radius 2 is 1.68 bits per heavy atom. The highest BCUT2D eigenvalue weighted by molar-refractivity contribution is 6.24. The maximum atomic E-state index is 12.2. The monoisotopic (exact) mass is 290 g/mol. The summed E-state index contributed by atoms with van der Waals surface area (Å²) in [5.74, 6) is 0.870. The fraction of sp³-hybridized carbons (Fsp3) is 0.105. The maximum absolute atomic E-state index is 12.2. The van der Waals surface area contributed by atoms with Crippen molar-refractivity contribution in [2.75, 3.05) is 7.11 Å². The number of aliphatic hydroxyl groups excluding tert-OH is 1. The Hall–Kier alpha value is -2.81. The number of hydrogen-bond donors (Lipinski definition) is 1. The van der Waals surface area contributed by atoms with Gasteiger partial charge in [0.15, 0.2) is 5.43 Å². The van der Waals surface area contributed by atoms with E-state index in [0.29, 0.717) is 5.22 Å². The zero-order valence-corrected chi connectivity index (χ0v) is 12.3. The van der Waals surface area contributed by atoms with Crippen LogP contribution in [0.2, 0.25) is 0 Å². The van der Waals surface area contributed by atoms with Gasteiger partial charge in [0.1, 0.15) is 11.5 Å². The number of benzene rings is 3. The quantitative estimate of drug-likeness (QED) is 0.585. The van der Waals surface area contributed by atoms with Gasteiger partial charge >= 0.3 is 0 Å². The Morgan fingerprint density at radius 1 is 1.00 bits per heavy atom. The number of hydrogen-bond acceptors (Lipinski definition) is 3. The Labute approximate surface area is 126 Å². The van der Waals surface area contributed by atoms with Crippen molar-refractivity contribution in [3.05, 3.63) is 57.9 Å². The summed E-state index contributed by atoms with van der Waals surface area (Å²) in [6.07, 6.45) is 0. The van der Waals surface area contributed by atoms with Crippen LogP contribution in [0.5, 0.6) is 5.75 Å². The van der Waals surface area contributed by atoms with Crippen LogP contribution in [-0.4, -0.2) is 12.2 Å². The number of rotatable bonds is 1. The highest BCUT2D eigenvalue weighted by Gasteiger charge is 2.19. The van der Waals surface area contributed by atoms with Crippen molar-refractivity contribution >= 4 is 27.3 Å². The van der Waals surface area contributed by atoms with Crippen LogP contribution < -0.4 is 15.4 Å². The standard InChI is InChI=1S/C19H14O3/c1-10(20)14-8-15-11-4-3-5-13-18(22-2)7-6-12(19(11)13)16(15)9-17(14)21/h3-9,20H,1-2H3/b14-10-. The molecule has 2 aliphatic carbocycles. The molecule has 0 aromatic heterocycles. The van der Waals surface area contributed by atoms with E-state index >= 15 is 0 Å². The van der Waals surface area contributed by atoms with E-state index in [1.807, 2.05) is 30.3 Å². The zero-order chi connectivity index (χ0) is 15.4. The largest absolute Gasteiger partial charge is 0.512 e. The Morgan fingerprint density at radius 3 is 2.41 bits per heavy atom. The highest BCUT2D eigenvalue weighted by atomic mass is 16.5. The summed E-state index contributed by atoms with van der Waals surface area (Å²) >= 11 is 0. The molecule has 2 aliphatic rings. The zero-order valence-electron chi connectivity index (χ0n) is 12.3. The van der Waals surface area contributed by atoms with Gasteiger partial charge in [-0.25, -0.2) is 0 Å². The summed E-state index contributed by atoms with van der Waals surface area (Å²) in [7, 11) is 1.66. The number of methoxy groups -OCH3 is 1. The second kappa shape index (κ2) is 4.34. The van der Waals surface area contributed by atoms with Crippen molar-refractivity contribution < 1.29 is 9.84 Å². The van der Waals surface area contributed by atoms with Gasteiger partial charge < -0.3 is 9.84 Å². The molecule has 0 aliphatic heterocycles. The third-order valence-corrected chi connectivity index (χ3v) is 4.31. The van der Waals surface area contributed by atoms with E-state index in [0.717, 1.165) is 38.4 Å². The van der Waals surface area contributed by atoms with Crippen molar-refractivity contribution in [1.82, 2.24) is 0 Å². The lowest BCUT2D eigenvalue weighted by atomic mass is 10.0. The van der Waals surface area contributed by atoms with Gasteiger partial charge in [-0.1, -0.05) is 24.3 Å². The Kier molecular flexibility index (Phi) is 2.54. The second-order valence-corrected chi connectivity index (χ2v) is 5.52. The molecular weight excluding hydrogens is 276 g/mol. The first-order valence-corrected chi connectivity index (χ1v) is 7.10. The molecule has 0 atom stereocenters. The fourth-order valence-corrected chi connectivity index (χ4v) is 3.32. The molecule has 0 amide bonds. The van der Waals surface area contributed by atoms with Crippen LogP contribution in [0.4, 0.5) is 0 Å². The molecule has 0 bridgehead atoms. The van der Waals surface area contributed by atoms with Crippen LogP contribution in [-0.2, 0) is 0 Å². The minimum atomic E-state index is -0.157. The van der Waals surface area contributed by atoms with Crippen molar-refractivity contribution in [3.63, 3.8) is 0 Å². The first kappa shape index (κ1) is 12.9. The Bertz CT molecular complexity index is 1090. The predicted molar refractivity (Wildman–Crippen MR) is 89.0 cm³/mol. The summed E-state index contributed by atoms with van der Waals surface area (Å²) < 4.78 is 5.44. The summed E-state index contributed by atoms with van der Waals surface area (Å²) in [6, 6.07) is 13.4. The van der Waals surface area contributed by atoms with Gasteiger partial charge in [-0.15, -0.1) is 0 Å². The van der Waals surface area contributed by atoms with E-state index in [2.05, 4.69) is 0 Å². The first-order chi connectivity index (χ1) is 10.6. The second-order valence-electron chi connectivity index (χ2n) is 5.52. The molecule has 0 spiro atoms. The van der Waals surface area contributed by atoms with Gasteiger partial charge in [-0.3, -0.25) is 4.79 Å². The van der Waals surface area contributed by atoms with E-state index in [1.165, 1.54) is 6.92 Å². The van der Waals surface area contributed by atoms with Crippen molar-refractivity contribution in [1.29, 1.82) is 0 Å². The SMILES string of the molecule is COc1ccc2c3cc(=O)/c(=C(/C)O)cc-3c3cccc1c23. The molecule has 22 heavy (non-hydrogen) atoms. The topological polar surface area (TPSA) is 46.5 Å². The Balaban J connectivity index is 2.34. The molecule has 4 rings (SSSR count). The molecule has 3 nitrogen and oxygen atoms in total. The maximum Gasteiger partial charge on any atom is 0.189 e. The van der Waals surface area contributed by atoms with Crippen LogP contribution in [0.3, 0.4) is 0 Å². The van der Waals surface area contributed by atoms with Crippen LogP contribution in [0.25, 0.3) is 38.4 Å². The molecule has 0 unspecified atom stereocenters. The van der Waals surface area contributed by atoms with Gasteiger partial charge in [0.05, 0.1) is 12.3 Å². The third kappa shape index (κ3) is 1.53. The molecule has 0 saturated heterocycles. The van der Waals surface area contributed by atoms with Crippen LogP contribution in [0.15, 0.2) is 47.3 Å². The van der Waals surface area contributed by atoms with E-state index in [-0.39, 0.29) is 11.2 Å². The van der Waals surface area contributed by atoms with Crippen LogP contribution in [0, 0.1) is 0 Å². The average Bonchev–Trinajstić information content (AvgIpc) is 2.82.